The molecule has 29 heavy (non-hydrogen) atoms. The molecule has 2 aliphatic heterocycles. The van der Waals surface area contributed by atoms with E-state index in [4.69, 9.17) is 9.15 Å². The van der Waals surface area contributed by atoms with Gasteiger partial charge in [0, 0.05) is 45.1 Å². The van der Waals surface area contributed by atoms with Gasteiger partial charge in [0.1, 0.15) is 18.1 Å². The summed E-state index contributed by atoms with van der Waals surface area (Å²) in [5.41, 5.74) is 3.57. The summed E-state index contributed by atoms with van der Waals surface area (Å²) in [6.45, 7) is 3.84. The fourth-order valence-corrected chi connectivity index (χ4v) is 4.85. The highest BCUT2D eigenvalue weighted by Gasteiger charge is 2.27. The molecule has 0 unspecified atom stereocenters. The number of likely N-dealkylation sites (tertiary alicyclic amines) is 1. The van der Waals surface area contributed by atoms with Crippen molar-refractivity contribution in [1.82, 2.24) is 9.80 Å². The minimum atomic E-state index is 0.0539. The van der Waals surface area contributed by atoms with Crippen molar-refractivity contribution >= 4 is 5.91 Å². The van der Waals surface area contributed by atoms with Crippen LogP contribution < -0.4 is 4.74 Å². The predicted octanol–water partition coefficient (Wildman–Crippen LogP) is 3.92. The number of hydrogen-bond donors (Lipinski definition) is 0. The summed E-state index contributed by atoms with van der Waals surface area (Å²) in [6, 6.07) is 9.23. The van der Waals surface area contributed by atoms with Crippen LogP contribution in [0.15, 0.2) is 41.2 Å². The van der Waals surface area contributed by atoms with Crippen LogP contribution in [-0.4, -0.2) is 54.0 Å². The van der Waals surface area contributed by atoms with E-state index in [0.717, 1.165) is 50.6 Å². The largest absolute Gasteiger partial charge is 0.490 e. The molecular weight excluding hydrogens is 364 g/mol. The summed E-state index contributed by atoms with van der Waals surface area (Å²) in [4.78, 5) is 17.0. The zero-order valence-corrected chi connectivity index (χ0v) is 17.0. The van der Waals surface area contributed by atoms with Crippen molar-refractivity contribution in [3.8, 4) is 5.75 Å². The smallest absolute Gasteiger partial charge is 0.257 e. The molecule has 3 aliphatic rings. The number of benzene rings is 1. The maximum atomic E-state index is 12.4. The molecule has 0 bridgehead atoms. The Hall–Kier alpha value is -2.27. The summed E-state index contributed by atoms with van der Waals surface area (Å²) in [5.74, 6) is 1.04. The van der Waals surface area contributed by atoms with Gasteiger partial charge in [-0.1, -0.05) is 12.5 Å². The van der Waals surface area contributed by atoms with E-state index in [0.29, 0.717) is 5.56 Å². The van der Waals surface area contributed by atoms with E-state index in [9.17, 15) is 4.79 Å². The number of carbonyl (C=O) groups is 1. The average Bonchev–Trinajstić information content (AvgIpc) is 3.17. The third-order valence-electron chi connectivity index (χ3n) is 6.91. The highest BCUT2D eigenvalue weighted by Crippen LogP contribution is 2.29. The number of fused-ring (bicyclic) bond motifs is 1. The summed E-state index contributed by atoms with van der Waals surface area (Å²) < 4.78 is 11.4. The number of rotatable bonds is 4. The number of ether oxygens (including phenoxy) is 1. The monoisotopic (exact) mass is 394 g/mol. The number of carbonyl (C=O) groups excluding carboxylic acids is 1. The zero-order valence-electron chi connectivity index (χ0n) is 17.0. The maximum absolute atomic E-state index is 12.4. The van der Waals surface area contributed by atoms with Crippen molar-refractivity contribution < 1.29 is 13.9 Å². The molecule has 2 fully saturated rings. The SMILES string of the molecule is O=C(c1ccoc1)N1CCC(Oc2ccc3c(c2)CCN(C2CCC2)CC3)CC1. The lowest BCUT2D eigenvalue weighted by Crippen LogP contribution is -2.41. The van der Waals surface area contributed by atoms with Crippen LogP contribution in [0.4, 0.5) is 0 Å². The second-order valence-electron chi connectivity index (χ2n) is 8.67. The van der Waals surface area contributed by atoms with Crippen molar-refractivity contribution in [3.63, 3.8) is 0 Å². The van der Waals surface area contributed by atoms with Crippen molar-refractivity contribution in [2.24, 2.45) is 0 Å². The molecule has 0 N–H and O–H groups in total. The third-order valence-corrected chi connectivity index (χ3v) is 6.91. The molecule has 2 aromatic rings. The van der Waals surface area contributed by atoms with Crippen LogP contribution in [-0.2, 0) is 12.8 Å². The Morgan fingerprint density at radius 1 is 0.966 bits per heavy atom. The van der Waals surface area contributed by atoms with Crippen LogP contribution in [0.2, 0.25) is 0 Å². The molecule has 0 atom stereocenters. The molecule has 1 saturated carbocycles. The fraction of sp³-hybridized carbons (Fsp3) is 0.542. The van der Waals surface area contributed by atoms with Crippen LogP contribution in [0.25, 0.3) is 0 Å². The fourth-order valence-electron chi connectivity index (χ4n) is 4.85. The van der Waals surface area contributed by atoms with Gasteiger partial charge in [-0.2, -0.15) is 0 Å². The lowest BCUT2D eigenvalue weighted by atomic mass is 9.91. The molecule has 3 heterocycles. The van der Waals surface area contributed by atoms with E-state index in [-0.39, 0.29) is 12.0 Å². The Morgan fingerprint density at radius 3 is 2.45 bits per heavy atom. The van der Waals surface area contributed by atoms with Gasteiger partial charge in [-0.15, -0.1) is 0 Å². The molecule has 1 aliphatic carbocycles. The van der Waals surface area contributed by atoms with Gasteiger partial charge in [0.25, 0.3) is 5.91 Å². The van der Waals surface area contributed by atoms with Gasteiger partial charge < -0.3 is 14.1 Å². The first kappa shape index (κ1) is 18.7. The minimum absolute atomic E-state index is 0.0539. The average molecular weight is 395 g/mol. The van der Waals surface area contributed by atoms with Gasteiger partial charge >= 0.3 is 0 Å². The van der Waals surface area contributed by atoms with Crippen molar-refractivity contribution in [2.45, 2.75) is 57.1 Å². The van der Waals surface area contributed by atoms with Crippen LogP contribution in [0, 0.1) is 0 Å². The first-order valence-corrected chi connectivity index (χ1v) is 11.1. The number of furan rings is 1. The van der Waals surface area contributed by atoms with E-state index in [2.05, 4.69) is 23.1 Å². The molecule has 1 amide bonds. The Kier molecular flexibility index (Phi) is 5.32. The van der Waals surface area contributed by atoms with Crippen LogP contribution in [0.3, 0.4) is 0 Å². The molecule has 1 aromatic heterocycles. The van der Waals surface area contributed by atoms with E-state index in [1.165, 1.54) is 49.7 Å². The van der Waals surface area contributed by atoms with Gasteiger partial charge in [0.15, 0.2) is 0 Å². The Bertz CT molecular complexity index is 836. The first-order chi connectivity index (χ1) is 14.3. The highest BCUT2D eigenvalue weighted by atomic mass is 16.5. The normalized spacial score (nSPS) is 21.3. The highest BCUT2D eigenvalue weighted by molar-refractivity contribution is 5.93. The molecule has 0 spiro atoms. The standard InChI is InChI=1S/C24H30N2O3/c27-24(20-10-15-28-17-20)26-13-8-22(9-14-26)29-23-5-4-18-6-11-25(21-2-1-3-21)12-7-19(18)16-23/h4-5,10,15-17,21-22H,1-3,6-9,11-14H2. The number of piperidine rings is 1. The summed E-state index contributed by atoms with van der Waals surface area (Å²) >= 11 is 0. The molecule has 5 heteroatoms. The molecule has 1 aromatic carbocycles. The molecular formula is C24H30N2O3. The quantitative estimate of drug-likeness (QED) is 0.789. The third kappa shape index (κ3) is 4.06. The van der Waals surface area contributed by atoms with Crippen molar-refractivity contribution in [2.75, 3.05) is 26.2 Å². The van der Waals surface area contributed by atoms with Crippen molar-refractivity contribution in [3.05, 3.63) is 53.5 Å². The van der Waals surface area contributed by atoms with Gasteiger partial charge in [-0.25, -0.2) is 0 Å². The molecule has 154 valence electrons. The van der Waals surface area contributed by atoms with E-state index in [1.807, 2.05) is 4.90 Å². The van der Waals surface area contributed by atoms with Gasteiger partial charge in [0.05, 0.1) is 11.8 Å². The molecule has 0 radical (unpaired) electrons. The molecule has 5 nitrogen and oxygen atoms in total. The number of nitrogens with zero attached hydrogens (tertiary/aromatic N) is 2. The zero-order chi connectivity index (χ0) is 19.6. The number of hydrogen-bond acceptors (Lipinski definition) is 4. The summed E-state index contributed by atoms with van der Waals surface area (Å²) in [7, 11) is 0. The van der Waals surface area contributed by atoms with Crippen molar-refractivity contribution in [1.29, 1.82) is 0 Å². The lowest BCUT2D eigenvalue weighted by molar-refractivity contribution is 0.0595. The second-order valence-corrected chi connectivity index (χ2v) is 8.67. The van der Waals surface area contributed by atoms with E-state index in [1.54, 1.807) is 12.3 Å². The second kappa shape index (κ2) is 8.23. The first-order valence-electron chi connectivity index (χ1n) is 11.1. The van der Waals surface area contributed by atoms with Gasteiger partial charge in [-0.05, 0) is 55.0 Å². The Labute approximate surface area is 172 Å². The van der Waals surface area contributed by atoms with Crippen LogP contribution in [0.5, 0.6) is 5.75 Å². The minimum Gasteiger partial charge on any atom is -0.490 e. The number of amides is 1. The summed E-state index contributed by atoms with van der Waals surface area (Å²) in [6.07, 6.45) is 11.4. The van der Waals surface area contributed by atoms with E-state index < -0.39 is 0 Å². The maximum Gasteiger partial charge on any atom is 0.257 e. The Morgan fingerprint density at radius 2 is 1.76 bits per heavy atom. The van der Waals surface area contributed by atoms with Gasteiger partial charge in [0.2, 0.25) is 0 Å². The predicted molar refractivity (Wildman–Crippen MR) is 111 cm³/mol. The van der Waals surface area contributed by atoms with Gasteiger partial charge in [-0.3, -0.25) is 9.69 Å². The summed E-state index contributed by atoms with van der Waals surface area (Å²) in [5, 5.41) is 0. The Balaban J connectivity index is 1.16. The molecule has 5 rings (SSSR count). The molecule has 1 saturated heterocycles. The van der Waals surface area contributed by atoms with Crippen LogP contribution in [0.1, 0.15) is 53.6 Å². The van der Waals surface area contributed by atoms with E-state index >= 15 is 0 Å². The topological polar surface area (TPSA) is 45.9 Å². The van der Waals surface area contributed by atoms with Crippen LogP contribution >= 0.6 is 0 Å². The lowest BCUT2D eigenvalue weighted by Gasteiger charge is -2.36.